The highest BCUT2D eigenvalue weighted by atomic mass is 16.4. The first-order valence-electron chi connectivity index (χ1n) is 6.81. The molecule has 0 fully saturated rings. The second kappa shape index (κ2) is 5.05. The quantitative estimate of drug-likeness (QED) is 0.800. The fourth-order valence-corrected chi connectivity index (χ4v) is 2.70. The third kappa shape index (κ3) is 2.40. The zero-order valence-corrected chi connectivity index (χ0v) is 12.0. The van der Waals surface area contributed by atoms with E-state index in [1.54, 1.807) is 6.07 Å². The average Bonchev–Trinajstić information content (AvgIpc) is 2.79. The molecule has 1 aromatic carbocycles. The molecule has 0 radical (unpaired) electrons. The maximum absolute atomic E-state index is 11.5. The van der Waals surface area contributed by atoms with E-state index in [-0.39, 0.29) is 0 Å². The highest BCUT2D eigenvalue weighted by molar-refractivity contribution is 5.95. The van der Waals surface area contributed by atoms with Crippen LogP contribution in [0.3, 0.4) is 0 Å². The minimum Gasteiger partial charge on any atom is -0.477 e. The summed E-state index contributed by atoms with van der Waals surface area (Å²) in [6.07, 6.45) is 0. The Bertz CT molecular complexity index is 834. The van der Waals surface area contributed by atoms with Crippen molar-refractivity contribution in [3.8, 4) is 0 Å². The van der Waals surface area contributed by atoms with Crippen molar-refractivity contribution in [2.24, 2.45) is 0 Å². The van der Waals surface area contributed by atoms with Crippen molar-refractivity contribution in [2.75, 3.05) is 0 Å². The number of aryl methyl sites for hydroxylation is 2. The van der Waals surface area contributed by atoms with Crippen molar-refractivity contribution in [1.82, 2.24) is 9.55 Å². The number of carboxylic acid groups (broad SMARTS) is 1. The zero-order chi connectivity index (χ0) is 15.0. The summed E-state index contributed by atoms with van der Waals surface area (Å²) in [5.74, 6) is -0.918. The Morgan fingerprint density at radius 3 is 2.67 bits per heavy atom. The number of para-hydroxylation sites is 1. The summed E-state index contributed by atoms with van der Waals surface area (Å²) in [6, 6.07) is 13.4. The van der Waals surface area contributed by atoms with Gasteiger partial charge in [0.15, 0.2) is 0 Å². The van der Waals surface area contributed by atoms with Crippen LogP contribution >= 0.6 is 0 Å². The number of hydrogen-bond acceptors (Lipinski definition) is 2. The van der Waals surface area contributed by atoms with E-state index in [1.807, 2.05) is 54.8 Å². The molecule has 0 amide bonds. The molecule has 0 saturated heterocycles. The van der Waals surface area contributed by atoms with Crippen molar-refractivity contribution in [3.63, 3.8) is 0 Å². The number of hydrogen-bond donors (Lipinski definition) is 1. The summed E-state index contributed by atoms with van der Waals surface area (Å²) < 4.78 is 1.83. The Morgan fingerprint density at radius 1 is 1.19 bits per heavy atom. The van der Waals surface area contributed by atoms with Gasteiger partial charge in [-0.05, 0) is 37.6 Å². The number of fused-ring (bicyclic) bond motifs is 1. The van der Waals surface area contributed by atoms with E-state index in [0.29, 0.717) is 12.2 Å². The van der Waals surface area contributed by atoms with Gasteiger partial charge < -0.3 is 9.67 Å². The lowest BCUT2D eigenvalue weighted by molar-refractivity contribution is 0.0686. The van der Waals surface area contributed by atoms with Crippen LogP contribution in [-0.4, -0.2) is 20.6 Å². The van der Waals surface area contributed by atoms with E-state index in [1.165, 1.54) is 0 Å². The number of pyridine rings is 1. The second-order valence-electron chi connectivity index (χ2n) is 5.20. The maximum atomic E-state index is 11.5. The number of aromatic nitrogens is 2. The van der Waals surface area contributed by atoms with E-state index >= 15 is 0 Å². The summed E-state index contributed by atoms with van der Waals surface area (Å²) in [7, 11) is 0. The number of aromatic carboxylic acids is 1. The predicted molar refractivity (Wildman–Crippen MR) is 81.7 cm³/mol. The molecule has 0 aliphatic carbocycles. The normalized spacial score (nSPS) is 11.0. The van der Waals surface area contributed by atoms with Crippen molar-refractivity contribution in [3.05, 3.63) is 65.1 Å². The molecular formula is C17H16N2O2. The van der Waals surface area contributed by atoms with Gasteiger partial charge >= 0.3 is 5.97 Å². The largest absolute Gasteiger partial charge is 0.477 e. The van der Waals surface area contributed by atoms with E-state index in [4.69, 9.17) is 0 Å². The molecular weight excluding hydrogens is 264 g/mol. The zero-order valence-electron chi connectivity index (χ0n) is 12.0. The summed E-state index contributed by atoms with van der Waals surface area (Å²) >= 11 is 0. The third-order valence-corrected chi connectivity index (χ3v) is 3.61. The number of benzene rings is 1. The van der Waals surface area contributed by atoms with E-state index < -0.39 is 5.97 Å². The molecule has 2 heterocycles. The fraction of sp³-hybridized carbons (Fsp3) is 0.176. The molecule has 106 valence electrons. The lowest BCUT2D eigenvalue weighted by Crippen LogP contribution is -2.11. The molecule has 4 nitrogen and oxygen atoms in total. The van der Waals surface area contributed by atoms with Gasteiger partial charge in [0, 0.05) is 11.1 Å². The van der Waals surface area contributed by atoms with Crippen LogP contribution in [0.15, 0.2) is 42.5 Å². The Kier molecular flexibility index (Phi) is 3.22. The first-order valence-corrected chi connectivity index (χ1v) is 6.81. The smallest absolute Gasteiger partial charge is 0.352 e. The van der Waals surface area contributed by atoms with Crippen molar-refractivity contribution in [2.45, 2.75) is 20.4 Å². The fourth-order valence-electron chi connectivity index (χ4n) is 2.70. The number of carbonyl (C=O) groups is 1. The van der Waals surface area contributed by atoms with Crippen LogP contribution < -0.4 is 0 Å². The highest BCUT2D eigenvalue weighted by Crippen LogP contribution is 2.24. The van der Waals surface area contributed by atoms with Crippen LogP contribution in [0.25, 0.3) is 10.9 Å². The summed E-state index contributed by atoms with van der Waals surface area (Å²) in [5.41, 5.74) is 4.10. The van der Waals surface area contributed by atoms with Crippen LogP contribution in [0.1, 0.15) is 27.4 Å². The first kappa shape index (κ1) is 13.4. The SMILES string of the molecule is Cc1cccc(Cn2c(C(=O)O)cc3cccc(C)c32)n1. The van der Waals surface area contributed by atoms with Gasteiger partial charge in [0.1, 0.15) is 5.69 Å². The van der Waals surface area contributed by atoms with E-state index in [0.717, 1.165) is 27.9 Å². The monoisotopic (exact) mass is 280 g/mol. The van der Waals surface area contributed by atoms with Gasteiger partial charge in [-0.3, -0.25) is 4.98 Å². The number of nitrogens with zero attached hydrogens (tertiary/aromatic N) is 2. The minimum absolute atomic E-state index is 0.294. The van der Waals surface area contributed by atoms with Crippen LogP contribution in [-0.2, 0) is 6.54 Å². The predicted octanol–water partition coefficient (Wildman–Crippen LogP) is 3.40. The Hall–Kier alpha value is -2.62. The van der Waals surface area contributed by atoms with Gasteiger partial charge in [-0.15, -0.1) is 0 Å². The molecule has 0 saturated carbocycles. The molecule has 2 aromatic heterocycles. The average molecular weight is 280 g/mol. The summed E-state index contributed by atoms with van der Waals surface area (Å²) in [5, 5.41) is 10.4. The van der Waals surface area contributed by atoms with Gasteiger partial charge in [-0.25, -0.2) is 4.79 Å². The van der Waals surface area contributed by atoms with Crippen LogP contribution in [0.4, 0.5) is 0 Å². The molecule has 0 aliphatic heterocycles. The molecule has 0 unspecified atom stereocenters. The molecule has 0 atom stereocenters. The van der Waals surface area contributed by atoms with Crippen LogP contribution in [0.2, 0.25) is 0 Å². The molecule has 0 spiro atoms. The molecule has 0 bridgehead atoms. The topological polar surface area (TPSA) is 55.1 Å². The van der Waals surface area contributed by atoms with Gasteiger partial charge in [0.25, 0.3) is 0 Å². The third-order valence-electron chi connectivity index (χ3n) is 3.61. The molecule has 0 aliphatic rings. The van der Waals surface area contributed by atoms with E-state index in [2.05, 4.69) is 4.98 Å². The number of carboxylic acids is 1. The lowest BCUT2D eigenvalue weighted by Gasteiger charge is -2.10. The van der Waals surface area contributed by atoms with Crippen molar-refractivity contribution in [1.29, 1.82) is 0 Å². The van der Waals surface area contributed by atoms with E-state index in [9.17, 15) is 9.90 Å². The van der Waals surface area contributed by atoms with Crippen LogP contribution in [0.5, 0.6) is 0 Å². The standard InChI is InChI=1S/C17H16N2O2/c1-11-5-3-7-13-9-15(17(20)21)19(16(11)13)10-14-8-4-6-12(2)18-14/h3-9H,10H2,1-2H3,(H,20,21). The Labute approximate surface area is 122 Å². The first-order chi connectivity index (χ1) is 10.1. The Morgan fingerprint density at radius 2 is 1.95 bits per heavy atom. The molecule has 1 N–H and O–H groups in total. The van der Waals surface area contributed by atoms with Crippen molar-refractivity contribution < 1.29 is 9.90 Å². The summed E-state index contributed by atoms with van der Waals surface area (Å²) in [4.78, 5) is 16.0. The Balaban J connectivity index is 2.20. The van der Waals surface area contributed by atoms with Crippen LogP contribution in [0, 0.1) is 13.8 Å². The summed E-state index contributed by atoms with van der Waals surface area (Å²) in [6.45, 7) is 4.38. The van der Waals surface area contributed by atoms with Crippen molar-refractivity contribution >= 4 is 16.9 Å². The molecule has 4 heteroatoms. The van der Waals surface area contributed by atoms with Gasteiger partial charge in [0.05, 0.1) is 17.8 Å². The van der Waals surface area contributed by atoms with Gasteiger partial charge in [0.2, 0.25) is 0 Å². The molecule has 21 heavy (non-hydrogen) atoms. The lowest BCUT2D eigenvalue weighted by atomic mass is 10.1. The molecule has 3 aromatic rings. The maximum Gasteiger partial charge on any atom is 0.352 e. The van der Waals surface area contributed by atoms with Gasteiger partial charge in [-0.2, -0.15) is 0 Å². The second-order valence-corrected chi connectivity index (χ2v) is 5.20. The minimum atomic E-state index is -0.918. The molecule has 3 rings (SSSR count). The highest BCUT2D eigenvalue weighted by Gasteiger charge is 2.16. The van der Waals surface area contributed by atoms with Gasteiger partial charge in [-0.1, -0.05) is 24.3 Å². The number of rotatable bonds is 3.